The summed E-state index contributed by atoms with van der Waals surface area (Å²) in [5.41, 5.74) is 2.71. The molecule has 253 valence electrons. The number of fused-ring (bicyclic) bond motifs is 1. The smallest absolute Gasteiger partial charge is 0.330 e. The van der Waals surface area contributed by atoms with Crippen molar-refractivity contribution in [3.63, 3.8) is 0 Å². The van der Waals surface area contributed by atoms with Gasteiger partial charge in [0.2, 0.25) is 0 Å². The van der Waals surface area contributed by atoms with Gasteiger partial charge in [-0.1, -0.05) is 93.0 Å². The Morgan fingerprint density at radius 1 is 1.13 bits per heavy atom. The summed E-state index contributed by atoms with van der Waals surface area (Å²) in [6, 6.07) is 7.26. The van der Waals surface area contributed by atoms with E-state index in [2.05, 4.69) is 86.6 Å². The van der Waals surface area contributed by atoms with Crippen LogP contribution in [0, 0.1) is 17.3 Å². The lowest BCUT2D eigenvalue weighted by Crippen LogP contribution is -2.55. The number of hydrogen-bond donors (Lipinski definition) is 0. The summed E-state index contributed by atoms with van der Waals surface area (Å²) in [5.74, 6) is 1.96. The van der Waals surface area contributed by atoms with E-state index in [9.17, 15) is 4.79 Å². The third-order valence-corrected chi connectivity index (χ3v) is 17.7. The fourth-order valence-electron chi connectivity index (χ4n) is 8.15. The third kappa shape index (κ3) is 6.93. The molecule has 1 fully saturated rings. The molecule has 2 amide bonds. The summed E-state index contributed by atoms with van der Waals surface area (Å²) in [6.07, 6.45) is 4.93. The molecule has 4 rings (SSSR count). The number of anilines is 3. The molecule has 11 heteroatoms. The molecule has 1 aromatic carbocycles. The van der Waals surface area contributed by atoms with Crippen LogP contribution in [0.25, 0.3) is 0 Å². The third-order valence-electron chi connectivity index (χ3n) is 11.1. The summed E-state index contributed by atoms with van der Waals surface area (Å²) in [7, 11) is 1.22. The van der Waals surface area contributed by atoms with Gasteiger partial charge in [-0.25, -0.2) is 14.8 Å². The van der Waals surface area contributed by atoms with Crippen molar-refractivity contribution in [1.82, 2.24) is 9.97 Å². The minimum atomic E-state index is -2.15. The van der Waals surface area contributed by atoms with Crippen molar-refractivity contribution in [3.8, 4) is 0 Å². The van der Waals surface area contributed by atoms with E-state index in [4.69, 9.17) is 30.5 Å². The standard InChI is InChI=1S/C35H55ClN5O3Si2/c1-23(2)46(24(3)4,25(5)6)43-19-18-39-31-27(22-40(33(39)42)30-15-13-12-14-29(30)36)21-37-32(38-31)41(44-45)35(11)17-16-28(20-26(35)7)34(8,9)10/h12-15,21,23-26,28H,16-20,22H2,1-11H3/t26-,28+,35?/m0/s1. The molecular formula is C35H55ClN5O3Si2. The van der Waals surface area contributed by atoms with Crippen molar-refractivity contribution >= 4 is 53.9 Å². The molecule has 3 atom stereocenters. The number of carbonyl (C=O) groups excluding carboxylic acids is 1. The Morgan fingerprint density at radius 3 is 2.30 bits per heavy atom. The zero-order valence-electron chi connectivity index (χ0n) is 29.9. The van der Waals surface area contributed by atoms with Crippen LogP contribution in [-0.2, 0) is 15.5 Å². The number of hydroxylamine groups is 1. The summed E-state index contributed by atoms with van der Waals surface area (Å²) < 4.78 is 12.8. The molecule has 2 aliphatic rings. The highest BCUT2D eigenvalue weighted by atomic mass is 35.5. The highest BCUT2D eigenvalue weighted by Gasteiger charge is 2.47. The zero-order valence-corrected chi connectivity index (χ0v) is 32.6. The fourth-order valence-corrected chi connectivity index (χ4v) is 14.1. The predicted molar refractivity (Wildman–Crippen MR) is 193 cm³/mol. The first-order valence-electron chi connectivity index (χ1n) is 17.0. The molecule has 0 spiro atoms. The van der Waals surface area contributed by atoms with E-state index in [1.165, 1.54) is 0 Å². The van der Waals surface area contributed by atoms with Crippen LogP contribution in [0.2, 0.25) is 21.6 Å². The van der Waals surface area contributed by atoms with Gasteiger partial charge in [0.1, 0.15) is 5.82 Å². The van der Waals surface area contributed by atoms with Crippen LogP contribution in [-0.4, -0.2) is 53.5 Å². The average molecular weight is 685 g/mol. The van der Waals surface area contributed by atoms with Gasteiger partial charge in [-0.3, -0.25) is 9.80 Å². The molecule has 1 unspecified atom stereocenters. The molecule has 0 N–H and O–H groups in total. The van der Waals surface area contributed by atoms with Gasteiger partial charge in [0.05, 0.1) is 35.9 Å². The van der Waals surface area contributed by atoms with E-state index in [0.717, 1.165) is 24.8 Å². The lowest BCUT2D eigenvalue weighted by atomic mass is 9.63. The first kappa shape index (κ1) is 36.8. The van der Waals surface area contributed by atoms with Crippen LogP contribution >= 0.6 is 11.6 Å². The largest absolute Gasteiger partial charge is 0.414 e. The summed E-state index contributed by atoms with van der Waals surface area (Å²) in [4.78, 5) is 27.7. The van der Waals surface area contributed by atoms with Gasteiger partial charge in [-0.2, -0.15) is 4.98 Å². The Balaban J connectivity index is 1.72. The molecule has 1 aromatic heterocycles. The van der Waals surface area contributed by atoms with Gasteiger partial charge in [-0.15, -0.1) is 0 Å². The van der Waals surface area contributed by atoms with E-state index in [0.29, 0.717) is 70.6 Å². The molecule has 1 aliphatic heterocycles. The molecule has 46 heavy (non-hydrogen) atoms. The van der Waals surface area contributed by atoms with Crippen LogP contribution in [0.5, 0.6) is 0 Å². The van der Waals surface area contributed by atoms with Crippen LogP contribution < -0.4 is 14.9 Å². The van der Waals surface area contributed by atoms with Gasteiger partial charge in [0.25, 0.3) is 16.4 Å². The van der Waals surface area contributed by atoms with Crippen LogP contribution in [0.3, 0.4) is 0 Å². The quantitative estimate of drug-likeness (QED) is 0.174. The second-order valence-corrected chi connectivity index (χ2v) is 21.7. The van der Waals surface area contributed by atoms with Crippen molar-refractivity contribution in [2.75, 3.05) is 28.0 Å². The highest BCUT2D eigenvalue weighted by molar-refractivity contribution is 6.77. The number of urea groups is 1. The van der Waals surface area contributed by atoms with Crippen LogP contribution in [0.15, 0.2) is 30.5 Å². The van der Waals surface area contributed by atoms with E-state index in [-0.39, 0.29) is 17.0 Å². The second-order valence-electron chi connectivity index (χ2n) is 15.6. The molecule has 0 bridgehead atoms. The Labute approximate surface area is 287 Å². The Kier molecular flexibility index (Phi) is 11.4. The number of rotatable bonds is 11. The van der Waals surface area contributed by atoms with E-state index < -0.39 is 8.32 Å². The number of amides is 2. The molecule has 8 nitrogen and oxygen atoms in total. The monoisotopic (exact) mass is 684 g/mol. The van der Waals surface area contributed by atoms with Crippen LogP contribution in [0.4, 0.5) is 22.2 Å². The highest BCUT2D eigenvalue weighted by Crippen LogP contribution is 2.48. The number of benzene rings is 1. The van der Waals surface area contributed by atoms with Crippen molar-refractivity contribution in [3.05, 3.63) is 41.0 Å². The second kappa shape index (κ2) is 14.2. The van der Waals surface area contributed by atoms with E-state index >= 15 is 0 Å². The maximum absolute atomic E-state index is 14.3. The molecule has 1 saturated carbocycles. The van der Waals surface area contributed by atoms with Gasteiger partial charge in [-0.05, 0) is 72.2 Å². The lowest BCUT2D eigenvalue weighted by molar-refractivity contribution is 0.0472. The van der Waals surface area contributed by atoms with Crippen molar-refractivity contribution in [2.24, 2.45) is 17.3 Å². The van der Waals surface area contributed by atoms with E-state index in [1.54, 1.807) is 9.80 Å². The number of aromatic nitrogens is 2. The number of halogens is 1. The molecule has 0 saturated heterocycles. The topological polar surface area (TPSA) is 71.0 Å². The molecular weight excluding hydrogens is 630 g/mol. The number of hydrogen-bond acceptors (Lipinski definition) is 6. The van der Waals surface area contributed by atoms with Crippen LogP contribution in [0.1, 0.15) is 101 Å². The Bertz CT molecular complexity index is 1350. The first-order chi connectivity index (χ1) is 21.5. The maximum Gasteiger partial charge on any atom is 0.330 e. The fraction of sp³-hybridized carbons (Fsp3) is 0.686. The van der Waals surface area contributed by atoms with Gasteiger partial charge >= 0.3 is 6.03 Å². The van der Waals surface area contributed by atoms with Gasteiger partial charge in [0, 0.05) is 11.8 Å². The lowest BCUT2D eigenvalue weighted by Gasteiger charge is -2.51. The number of nitrogens with zero attached hydrogens (tertiary/aromatic N) is 5. The minimum absolute atomic E-state index is 0.184. The van der Waals surface area contributed by atoms with Crippen molar-refractivity contribution in [2.45, 2.75) is 124 Å². The maximum atomic E-state index is 14.3. The average Bonchev–Trinajstić information content (AvgIpc) is 2.97. The summed E-state index contributed by atoms with van der Waals surface area (Å²) >= 11 is 6.61. The summed E-state index contributed by atoms with van der Waals surface area (Å²) in [5, 5.41) is 2.33. The summed E-state index contributed by atoms with van der Waals surface area (Å²) in [6.45, 7) is 26.2. The number of carbonyl (C=O) groups is 1. The number of para-hydroxylation sites is 1. The van der Waals surface area contributed by atoms with Gasteiger partial charge in [0.15, 0.2) is 8.32 Å². The molecule has 2 heterocycles. The molecule has 3 radical (unpaired) electrons. The molecule has 2 aromatic rings. The Hall–Kier alpha value is -1.99. The van der Waals surface area contributed by atoms with E-state index in [1.807, 2.05) is 35.5 Å². The van der Waals surface area contributed by atoms with Crippen molar-refractivity contribution < 1.29 is 13.7 Å². The minimum Gasteiger partial charge on any atom is -0.414 e. The first-order valence-corrected chi connectivity index (χ1v) is 19.9. The normalized spacial score (nSPS) is 22.7. The Morgan fingerprint density at radius 2 is 1.76 bits per heavy atom. The zero-order chi connectivity index (χ0) is 34.2. The van der Waals surface area contributed by atoms with Crippen molar-refractivity contribution in [1.29, 1.82) is 0 Å². The predicted octanol–water partition coefficient (Wildman–Crippen LogP) is 9.33. The molecule has 1 aliphatic carbocycles. The van der Waals surface area contributed by atoms with Gasteiger partial charge < -0.3 is 8.95 Å². The SMILES string of the molecule is CC(C)[Si](OCCN1C(=O)N(c2ccccc2Cl)Cc2cnc(N(O[Si])C3(C)CC[C@@H](C(C)(C)C)C[C@@H]3C)nc21)(C(C)C)C(C)C.